The van der Waals surface area contributed by atoms with Gasteiger partial charge in [-0.15, -0.1) is 0 Å². The maximum atomic E-state index is 12.2. The number of carbonyl (C=O) groups excluding carboxylic acids is 1. The third-order valence-corrected chi connectivity index (χ3v) is 3.78. The van der Waals surface area contributed by atoms with Crippen molar-refractivity contribution in [1.82, 2.24) is 5.32 Å². The number of carbonyl (C=O) groups is 1. The van der Waals surface area contributed by atoms with Gasteiger partial charge in [0.2, 0.25) is 0 Å². The number of benzene rings is 2. The van der Waals surface area contributed by atoms with Gasteiger partial charge >= 0.3 is 0 Å². The van der Waals surface area contributed by atoms with Crippen LogP contribution in [0.2, 0.25) is 5.02 Å². The van der Waals surface area contributed by atoms with E-state index in [4.69, 9.17) is 28.6 Å². The van der Waals surface area contributed by atoms with E-state index in [0.717, 1.165) is 17.0 Å². The monoisotopic (exact) mass is 348 g/mol. The van der Waals surface area contributed by atoms with Crippen LogP contribution in [0.5, 0.6) is 5.75 Å². The highest BCUT2D eigenvalue weighted by molar-refractivity contribution is 7.80. The molecule has 6 heteroatoms. The minimum absolute atomic E-state index is 0.217. The van der Waals surface area contributed by atoms with Gasteiger partial charge in [-0.1, -0.05) is 17.7 Å². The Morgan fingerprint density at radius 3 is 2.57 bits per heavy atom. The number of ether oxygens (including phenoxy) is 1. The molecule has 2 rings (SSSR count). The summed E-state index contributed by atoms with van der Waals surface area (Å²) < 4.78 is 5.34. The number of hydrogen-bond donors (Lipinski definition) is 2. The summed E-state index contributed by atoms with van der Waals surface area (Å²) in [6.07, 6.45) is 0. The summed E-state index contributed by atoms with van der Waals surface area (Å²) in [5, 5.41) is 6.47. The largest absolute Gasteiger partial charge is 0.494 e. The topological polar surface area (TPSA) is 50.4 Å². The first-order valence-electron chi connectivity index (χ1n) is 7.11. The molecule has 2 aromatic carbocycles. The highest BCUT2D eigenvalue weighted by atomic mass is 35.5. The molecule has 0 heterocycles. The third-order valence-electron chi connectivity index (χ3n) is 3.17. The molecule has 4 nitrogen and oxygen atoms in total. The number of anilines is 1. The smallest absolute Gasteiger partial charge is 0.257 e. The SMILES string of the molecule is CCOc1ccc(C(=O)NC(=S)Nc2cccc(Cl)c2C)cc1. The predicted octanol–water partition coefficient (Wildman–Crippen LogP) is 4.17. The Morgan fingerprint density at radius 2 is 1.91 bits per heavy atom. The standard InChI is InChI=1S/C17H17ClN2O2S/c1-3-22-13-9-7-12(8-10-13)16(21)20-17(23)19-15-6-4-5-14(18)11(15)2/h4-10H,3H2,1-2H3,(H2,19,20,21,23). The van der Waals surface area contributed by atoms with Gasteiger partial charge in [-0.25, -0.2) is 0 Å². The minimum Gasteiger partial charge on any atom is -0.494 e. The summed E-state index contributed by atoms with van der Waals surface area (Å²) in [6.45, 7) is 4.36. The van der Waals surface area contributed by atoms with Crippen LogP contribution in [0.3, 0.4) is 0 Å². The lowest BCUT2D eigenvalue weighted by atomic mass is 10.2. The number of hydrogen-bond acceptors (Lipinski definition) is 3. The second-order valence-corrected chi connectivity index (χ2v) is 5.59. The lowest BCUT2D eigenvalue weighted by Gasteiger charge is -2.12. The van der Waals surface area contributed by atoms with E-state index in [2.05, 4.69) is 10.6 Å². The van der Waals surface area contributed by atoms with E-state index in [-0.39, 0.29) is 11.0 Å². The molecule has 0 fully saturated rings. The van der Waals surface area contributed by atoms with Crippen molar-refractivity contribution < 1.29 is 9.53 Å². The van der Waals surface area contributed by atoms with E-state index in [1.165, 1.54) is 0 Å². The van der Waals surface area contributed by atoms with Crippen molar-refractivity contribution in [2.75, 3.05) is 11.9 Å². The molecule has 0 saturated carbocycles. The molecule has 0 bridgehead atoms. The summed E-state index contributed by atoms with van der Waals surface area (Å²) >= 11 is 11.2. The van der Waals surface area contributed by atoms with Gasteiger partial charge < -0.3 is 10.1 Å². The fourth-order valence-electron chi connectivity index (χ4n) is 1.94. The first-order valence-corrected chi connectivity index (χ1v) is 7.90. The number of amides is 1. The molecule has 23 heavy (non-hydrogen) atoms. The van der Waals surface area contributed by atoms with Crippen LogP contribution in [0.25, 0.3) is 0 Å². The predicted molar refractivity (Wildman–Crippen MR) is 97.5 cm³/mol. The van der Waals surface area contributed by atoms with E-state index in [1.54, 1.807) is 30.3 Å². The normalized spacial score (nSPS) is 10.0. The van der Waals surface area contributed by atoms with Gasteiger partial charge in [-0.05, 0) is 68.0 Å². The number of nitrogens with one attached hydrogen (secondary N) is 2. The molecular formula is C17H17ClN2O2S. The molecule has 0 aliphatic carbocycles. The van der Waals surface area contributed by atoms with Crippen LogP contribution in [0.15, 0.2) is 42.5 Å². The summed E-state index contributed by atoms with van der Waals surface area (Å²) in [6, 6.07) is 12.3. The average Bonchev–Trinajstić information content (AvgIpc) is 2.53. The molecule has 120 valence electrons. The minimum atomic E-state index is -0.287. The van der Waals surface area contributed by atoms with Gasteiger partial charge in [0, 0.05) is 16.3 Å². The fourth-order valence-corrected chi connectivity index (χ4v) is 2.32. The van der Waals surface area contributed by atoms with Crippen molar-refractivity contribution in [3.8, 4) is 5.75 Å². The molecule has 2 N–H and O–H groups in total. The maximum Gasteiger partial charge on any atom is 0.257 e. The highest BCUT2D eigenvalue weighted by Crippen LogP contribution is 2.22. The molecule has 0 radical (unpaired) electrons. The Labute approximate surface area is 145 Å². The zero-order valence-electron chi connectivity index (χ0n) is 12.9. The van der Waals surface area contributed by atoms with Gasteiger partial charge in [-0.2, -0.15) is 0 Å². The molecule has 0 aliphatic heterocycles. The Hall–Kier alpha value is -2.11. The Kier molecular flexibility index (Phi) is 5.96. The van der Waals surface area contributed by atoms with Gasteiger partial charge in [0.15, 0.2) is 5.11 Å². The zero-order chi connectivity index (χ0) is 16.8. The molecule has 1 amide bonds. The quantitative estimate of drug-likeness (QED) is 0.814. The van der Waals surface area contributed by atoms with Gasteiger partial charge in [0.1, 0.15) is 5.75 Å². The van der Waals surface area contributed by atoms with Crippen LogP contribution in [0, 0.1) is 6.92 Å². The Balaban J connectivity index is 1.99. The van der Waals surface area contributed by atoms with Crippen molar-refractivity contribution in [3.05, 3.63) is 58.6 Å². The average molecular weight is 349 g/mol. The first-order chi connectivity index (χ1) is 11.0. The second kappa shape index (κ2) is 7.94. The summed E-state index contributed by atoms with van der Waals surface area (Å²) in [7, 11) is 0. The molecule has 0 unspecified atom stereocenters. The van der Waals surface area contributed by atoms with Crippen molar-refractivity contribution in [1.29, 1.82) is 0 Å². The van der Waals surface area contributed by atoms with Crippen LogP contribution in [0.1, 0.15) is 22.8 Å². The lowest BCUT2D eigenvalue weighted by molar-refractivity contribution is 0.0977. The van der Waals surface area contributed by atoms with E-state index in [1.807, 2.05) is 26.0 Å². The maximum absolute atomic E-state index is 12.2. The van der Waals surface area contributed by atoms with Gasteiger partial charge in [0.05, 0.1) is 6.61 Å². The van der Waals surface area contributed by atoms with E-state index in [9.17, 15) is 4.79 Å². The molecule has 0 aliphatic rings. The fraction of sp³-hybridized carbons (Fsp3) is 0.176. The second-order valence-electron chi connectivity index (χ2n) is 4.78. The Morgan fingerprint density at radius 1 is 1.22 bits per heavy atom. The third kappa shape index (κ3) is 4.68. The number of halogens is 1. The van der Waals surface area contributed by atoms with Crippen molar-refractivity contribution >= 4 is 40.5 Å². The van der Waals surface area contributed by atoms with Gasteiger partial charge in [0.25, 0.3) is 5.91 Å². The van der Waals surface area contributed by atoms with Crippen LogP contribution >= 0.6 is 23.8 Å². The van der Waals surface area contributed by atoms with E-state index < -0.39 is 0 Å². The number of thiocarbonyl (C=S) groups is 1. The zero-order valence-corrected chi connectivity index (χ0v) is 14.4. The van der Waals surface area contributed by atoms with Crippen LogP contribution < -0.4 is 15.4 Å². The molecule has 0 saturated heterocycles. The van der Waals surface area contributed by atoms with Crippen LogP contribution in [-0.2, 0) is 0 Å². The molecule has 0 aromatic heterocycles. The van der Waals surface area contributed by atoms with Crippen molar-refractivity contribution in [2.45, 2.75) is 13.8 Å². The van der Waals surface area contributed by atoms with Crippen molar-refractivity contribution in [3.63, 3.8) is 0 Å². The highest BCUT2D eigenvalue weighted by Gasteiger charge is 2.09. The molecule has 2 aromatic rings. The van der Waals surface area contributed by atoms with Crippen LogP contribution in [-0.4, -0.2) is 17.6 Å². The van der Waals surface area contributed by atoms with E-state index >= 15 is 0 Å². The summed E-state index contributed by atoms with van der Waals surface area (Å²) in [4.78, 5) is 12.2. The molecule has 0 atom stereocenters. The first kappa shape index (κ1) is 17.2. The van der Waals surface area contributed by atoms with Crippen LogP contribution in [0.4, 0.5) is 5.69 Å². The molecular weight excluding hydrogens is 332 g/mol. The van der Waals surface area contributed by atoms with E-state index in [0.29, 0.717) is 17.2 Å². The summed E-state index contributed by atoms with van der Waals surface area (Å²) in [5.41, 5.74) is 2.13. The Bertz CT molecular complexity index is 717. The molecule has 0 spiro atoms. The number of rotatable bonds is 4. The van der Waals surface area contributed by atoms with Crippen molar-refractivity contribution in [2.24, 2.45) is 0 Å². The lowest BCUT2D eigenvalue weighted by Crippen LogP contribution is -2.34. The van der Waals surface area contributed by atoms with Gasteiger partial charge in [-0.3, -0.25) is 10.1 Å². The summed E-state index contributed by atoms with van der Waals surface area (Å²) in [5.74, 6) is 0.435.